The van der Waals surface area contributed by atoms with E-state index < -0.39 is 0 Å². The fourth-order valence-corrected chi connectivity index (χ4v) is 4.61. The highest BCUT2D eigenvalue weighted by Gasteiger charge is 2.27. The summed E-state index contributed by atoms with van der Waals surface area (Å²) in [6.45, 7) is 1.51. The van der Waals surface area contributed by atoms with E-state index in [0.29, 0.717) is 6.54 Å². The second kappa shape index (κ2) is 9.83. The topological polar surface area (TPSA) is 67.3 Å². The van der Waals surface area contributed by atoms with E-state index in [0.717, 1.165) is 53.0 Å². The summed E-state index contributed by atoms with van der Waals surface area (Å²) < 4.78 is 5.82. The smallest absolute Gasteiger partial charge is 0.229 e. The summed E-state index contributed by atoms with van der Waals surface area (Å²) >= 11 is 1.65. The summed E-state index contributed by atoms with van der Waals surface area (Å²) in [4.78, 5) is 16.2. The third kappa shape index (κ3) is 5.21. The fraction of sp³-hybridized carbons (Fsp3) is 0.192. The molecule has 1 atom stereocenters. The van der Waals surface area contributed by atoms with Gasteiger partial charge in [-0.2, -0.15) is 0 Å². The first-order chi connectivity index (χ1) is 16.2. The Labute approximate surface area is 196 Å². The van der Waals surface area contributed by atoms with Crippen molar-refractivity contribution in [1.82, 2.24) is 10.2 Å². The number of hydrogen-bond acceptors (Lipinski definition) is 6. The van der Waals surface area contributed by atoms with Crippen LogP contribution in [0.15, 0.2) is 84.2 Å². The third-order valence-corrected chi connectivity index (χ3v) is 6.53. The number of piperidine rings is 1. The minimum absolute atomic E-state index is 0.0274. The molecule has 1 saturated heterocycles. The van der Waals surface area contributed by atoms with Crippen LogP contribution in [0.1, 0.15) is 12.8 Å². The van der Waals surface area contributed by atoms with Crippen molar-refractivity contribution in [3.63, 3.8) is 0 Å². The number of anilines is 2. The first-order valence-corrected chi connectivity index (χ1v) is 11.9. The molecular weight excluding hydrogens is 432 g/mol. The van der Waals surface area contributed by atoms with Gasteiger partial charge >= 0.3 is 0 Å². The minimum Gasteiger partial charge on any atom is -0.457 e. The van der Waals surface area contributed by atoms with Crippen molar-refractivity contribution in [1.29, 1.82) is 0 Å². The molecule has 5 rings (SSSR count). The number of thiophene rings is 1. The van der Waals surface area contributed by atoms with Gasteiger partial charge in [-0.1, -0.05) is 24.3 Å². The maximum Gasteiger partial charge on any atom is 0.229 e. The lowest BCUT2D eigenvalue weighted by Gasteiger charge is -2.32. The number of nitrogens with one attached hydrogen (secondary N) is 1. The van der Waals surface area contributed by atoms with Crippen molar-refractivity contribution in [2.24, 2.45) is 5.92 Å². The molecule has 1 aliphatic rings. The number of amides is 1. The van der Waals surface area contributed by atoms with E-state index in [1.807, 2.05) is 84.2 Å². The van der Waals surface area contributed by atoms with Crippen molar-refractivity contribution in [2.45, 2.75) is 12.8 Å². The number of ether oxygens (including phenoxy) is 1. The highest BCUT2D eigenvalue weighted by atomic mass is 32.1. The van der Waals surface area contributed by atoms with Crippen LogP contribution >= 0.6 is 11.3 Å². The number of carbonyl (C=O) groups is 1. The van der Waals surface area contributed by atoms with Crippen LogP contribution in [0, 0.1) is 5.92 Å². The predicted octanol–water partition coefficient (Wildman–Crippen LogP) is 5.85. The summed E-state index contributed by atoms with van der Waals surface area (Å²) in [6, 6.07) is 25.1. The zero-order valence-corrected chi connectivity index (χ0v) is 18.9. The molecular formula is C26H24N4O2S. The average molecular weight is 457 g/mol. The Kier molecular flexibility index (Phi) is 6.30. The van der Waals surface area contributed by atoms with Crippen LogP contribution in [0.2, 0.25) is 0 Å². The van der Waals surface area contributed by atoms with Crippen molar-refractivity contribution in [2.75, 3.05) is 23.3 Å². The van der Waals surface area contributed by atoms with Crippen LogP contribution in [0.4, 0.5) is 11.5 Å². The molecule has 1 unspecified atom stereocenters. The Balaban J connectivity index is 1.18. The van der Waals surface area contributed by atoms with E-state index in [9.17, 15) is 4.79 Å². The molecule has 1 amide bonds. The van der Waals surface area contributed by atoms with Gasteiger partial charge in [0, 0.05) is 18.8 Å². The molecule has 2 aromatic carbocycles. The molecule has 0 saturated carbocycles. The van der Waals surface area contributed by atoms with Gasteiger partial charge in [-0.3, -0.25) is 4.79 Å². The summed E-state index contributed by atoms with van der Waals surface area (Å²) in [6.07, 6.45) is 1.80. The molecule has 0 radical (unpaired) electrons. The van der Waals surface area contributed by atoms with E-state index >= 15 is 0 Å². The predicted molar refractivity (Wildman–Crippen MR) is 132 cm³/mol. The monoisotopic (exact) mass is 456 g/mol. The Bertz CT molecular complexity index is 1180. The molecule has 0 bridgehead atoms. The van der Waals surface area contributed by atoms with Gasteiger partial charge < -0.3 is 15.0 Å². The summed E-state index contributed by atoms with van der Waals surface area (Å²) in [7, 11) is 0. The Morgan fingerprint density at radius 2 is 1.76 bits per heavy atom. The minimum atomic E-state index is -0.0993. The average Bonchev–Trinajstić information content (AvgIpc) is 3.41. The Morgan fingerprint density at radius 3 is 2.48 bits per heavy atom. The van der Waals surface area contributed by atoms with Crippen LogP contribution in [0.3, 0.4) is 0 Å². The molecule has 166 valence electrons. The molecule has 6 nitrogen and oxygen atoms in total. The number of rotatable bonds is 6. The highest BCUT2D eigenvalue weighted by molar-refractivity contribution is 7.13. The molecule has 4 aromatic rings. The SMILES string of the molecule is O=C(Nc1ccc(Oc2ccccc2)cc1)C1CCCN(c2ccc(-c3cccs3)nn2)C1. The third-order valence-electron chi connectivity index (χ3n) is 5.64. The van der Waals surface area contributed by atoms with E-state index in [1.165, 1.54) is 0 Å². The first-order valence-electron chi connectivity index (χ1n) is 11.0. The molecule has 7 heteroatoms. The quantitative estimate of drug-likeness (QED) is 0.394. The van der Waals surface area contributed by atoms with Gasteiger partial charge in [0.05, 0.1) is 10.8 Å². The lowest BCUT2D eigenvalue weighted by molar-refractivity contribution is -0.120. The van der Waals surface area contributed by atoms with E-state index in [4.69, 9.17) is 4.74 Å². The maximum atomic E-state index is 12.9. The number of nitrogens with zero attached hydrogens (tertiary/aromatic N) is 3. The van der Waals surface area contributed by atoms with Crippen LogP contribution in [-0.2, 0) is 4.79 Å². The normalized spacial score (nSPS) is 15.8. The van der Waals surface area contributed by atoms with Gasteiger partial charge in [-0.15, -0.1) is 21.5 Å². The van der Waals surface area contributed by atoms with Crippen LogP contribution < -0.4 is 15.0 Å². The summed E-state index contributed by atoms with van der Waals surface area (Å²) in [5, 5.41) is 13.9. The number of para-hydroxylation sites is 1. The molecule has 1 fully saturated rings. The van der Waals surface area contributed by atoms with Gasteiger partial charge in [-0.25, -0.2) is 0 Å². The van der Waals surface area contributed by atoms with E-state index in [2.05, 4.69) is 20.4 Å². The maximum absolute atomic E-state index is 12.9. The van der Waals surface area contributed by atoms with Crippen molar-refractivity contribution in [3.8, 4) is 22.1 Å². The molecule has 1 N–H and O–H groups in total. The Morgan fingerprint density at radius 1 is 0.939 bits per heavy atom. The van der Waals surface area contributed by atoms with E-state index in [-0.39, 0.29) is 11.8 Å². The molecule has 1 aliphatic heterocycles. The number of carbonyl (C=O) groups excluding carboxylic acids is 1. The zero-order valence-electron chi connectivity index (χ0n) is 18.1. The molecule has 0 aliphatic carbocycles. The first kappa shape index (κ1) is 21.2. The van der Waals surface area contributed by atoms with Gasteiger partial charge in [0.15, 0.2) is 5.82 Å². The zero-order chi connectivity index (χ0) is 22.5. The molecule has 3 heterocycles. The van der Waals surface area contributed by atoms with Crippen molar-refractivity contribution < 1.29 is 9.53 Å². The summed E-state index contributed by atoms with van der Waals surface area (Å²) in [5.74, 6) is 2.25. The molecule has 0 spiro atoms. The molecule has 33 heavy (non-hydrogen) atoms. The van der Waals surface area contributed by atoms with E-state index in [1.54, 1.807) is 11.3 Å². The summed E-state index contributed by atoms with van der Waals surface area (Å²) in [5.41, 5.74) is 1.64. The van der Waals surface area contributed by atoms with Gasteiger partial charge in [0.1, 0.15) is 17.2 Å². The van der Waals surface area contributed by atoms with Crippen molar-refractivity contribution in [3.05, 3.63) is 84.2 Å². The Hall–Kier alpha value is -3.71. The fourth-order valence-electron chi connectivity index (χ4n) is 3.92. The second-order valence-electron chi connectivity index (χ2n) is 7.97. The second-order valence-corrected chi connectivity index (χ2v) is 8.92. The van der Waals surface area contributed by atoms with Gasteiger partial charge in [0.25, 0.3) is 0 Å². The number of aromatic nitrogens is 2. The lowest BCUT2D eigenvalue weighted by atomic mass is 9.97. The van der Waals surface area contributed by atoms with Crippen LogP contribution in [0.5, 0.6) is 11.5 Å². The number of hydrogen-bond donors (Lipinski definition) is 1. The lowest BCUT2D eigenvalue weighted by Crippen LogP contribution is -2.41. The van der Waals surface area contributed by atoms with Crippen LogP contribution in [0.25, 0.3) is 10.6 Å². The van der Waals surface area contributed by atoms with Gasteiger partial charge in [-0.05, 0) is 72.8 Å². The van der Waals surface area contributed by atoms with Crippen molar-refractivity contribution >= 4 is 28.7 Å². The van der Waals surface area contributed by atoms with Crippen LogP contribution in [-0.4, -0.2) is 29.2 Å². The largest absolute Gasteiger partial charge is 0.457 e. The molecule has 2 aromatic heterocycles. The van der Waals surface area contributed by atoms with Gasteiger partial charge in [0.2, 0.25) is 5.91 Å². The standard InChI is InChI=1S/C26H24N4O2S/c31-26(27-20-10-12-22(13-11-20)32-21-7-2-1-3-8-21)19-6-4-16-30(18-19)25-15-14-23(28-29-25)24-9-5-17-33-24/h1-3,5,7-15,17,19H,4,6,16,18H2,(H,27,31). The highest BCUT2D eigenvalue weighted by Crippen LogP contribution is 2.27. The number of benzene rings is 2.